The van der Waals surface area contributed by atoms with Crippen LogP contribution in [0, 0.1) is 9.34 Å². The van der Waals surface area contributed by atoms with Gasteiger partial charge in [0, 0.05) is 0 Å². The molecule has 31 heavy (non-hydrogen) atoms. The van der Waals surface area contributed by atoms with Crippen LogP contribution in [-0.2, 0) is 8.28 Å². The number of rotatable bonds is 6. The van der Waals surface area contributed by atoms with Crippen molar-refractivity contribution in [3.8, 4) is 26.7 Å². The molecule has 0 aromatic carbocycles. The molecule has 1 aliphatic carbocycles. The molecule has 0 aliphatic heterocycles. The Bertz CT molecular complexity index is 1330. The van der Waals surface area contributed by atoms with E-state index in [-0.39, 0.29) is 15.3 Å². The van der Waals surface area contributed by atoms with E-state index >= 15 is 0 Å². The molecule has 1 aliphatic rings. The standard InChI is InChI=1S/C19H17IN9O2/c1-31-12-5-19(6-12,20-10-21)29-8-11(7-24-29)17-16-2-3-23-28(16)9-15(25-17)13-4-14(18(22)30)27-26-13/h2-4,7-9,12H,5-6H2,1H3,(H2,22,30)(H,26,27)/q-1. The van der Waals surface area contributed by atoms with Crippen molar-refractivity contribution in [3.63, 3.8) is 0 Å². The number of amides is 1. The molecule has 0 bridgehead atoms. The van der Waals surface area contributed by atoms with Crippen LogP contribution in [-0.4, -0.2) is 53.7 Å². The summed E-state index contributed by atoms with van der Waals surface area (Å²) in [5.41, 5.74) is 8.82. The van der Waals surface area contributed by atoms with E-state index < -0.39 is 27.1 Å². The number of alkyl halides is 1. The number of hydrogen-bond acceptors (Lipinski definition) is 7. The summed E-state index contributed by atoms with van der Waals surface area (Å²) in [6.07, 6.45) is 8.83. The summed E-state index contributed by atoms with van der Waals surface area (Å²) in [4.78, 5) is 16.2. The summed E-state index contributed by atoms with van der Waals surface area (Å²) < 4.78 is 11.2. The molecule has 158 valence electrons. The monoisotopic (exact) mass is 530 g/mol. The maximum absolute atomic E-state index is 11.4. The van der Waals surface area contributed by atoms with Crippen LogP contribution < -0.4 is 26.9 Å². The molecule has 4 aromatic rings. The molecule has 5 rings (SSSR count). The topological polar surface area (TPSA) is 153 Å². The number of methoxy groups -OCH3 is 1. The molecule has 0 spiro atoms. The number of hydrogen-bond donors (Lipinski definition) is 2. The van der Waals surface area contributed by atoms with Gasteiger partial charge in [0.25, 0.3) is 0 Å². The van der Waals surface area contributed by atoms with Gasteiger partial charge in [0.05, 0.1) is 0 Å². The SMILES string of the molecule is COC1CC([I-]C#N)(n2cc(-c3nc(-c4cc(C(N)=O)[nH]n4)cn4nccc34)cn2)C1. The van der Waals surface area contributed by atoms with Crippen LogP contribution in [0.15, 0.2) is 36.9 Å². The first-order valence-corrected chi connectivity index (χ1v) is 11.5. The third-order valence-electron chi connectivity index (χ3n) is 5.39. The van der Waals surface area contributed by atoms with Gasteiger partial charge in [0.1, 0.15) is 0 Å². The Hall–Kier alpha value is -3.31. The van der Waals surface area contributed by atoms with Crippen molar-refractivity contribution in [2.45, 2.75) is 22.5 Å². The number of ether oxygens (including phenoxy) is 1. The fourth-order valence-corrected chi connectivity index (χ4v) is 6.08. The number of carbonyl (C=O) groups is 1. The number of nitrogens with two attached hydrogens (primary N) is 1. The molecule has 0 unspecified atom stereocenters. The number of primary amides is 1. The van der Waals surface area contributed by atoms with Crippen LogP contribution in [0.5, 0.6) is 0 Å². The average molecular weight is 530 g/mol. The van der Waals surface area contributed by atoms with Crippen molar-refractivity contribution in [2.24, 2.45) is 5.73 Å². The number of halogens is 1. The van der Waals surface area contributed by atoms with Gasteiger partial charge >= 0.3 is 187 Å². The molecule has 0 saturated heterocycles. The first-order valence-electron chi connectivity index (χ1n) is 9.35. The molecule has 0 atom stereocenters. The molecular weight excluding hydrogens is 513 g/mol. The Morgan fingerprint density at radius 1 is 1.39 bits per heavy atom. The van der Waals surface area contributed by atoms with Crippen LogP contribution >= 0.6 is 0 Å². The van der Waals surface area contributed by atoms with Gasteiger partial charge in [-0.25, -0.2) is 0 Å². The molecule has 11 nitrogen and oxygen atoms in total. The Balaban J connectivity index is 1.57. The van der Waals surface area contributed by atoms with E-state index in [0.717, 1.165) is 23.9 Å². The van der Waals surface area contributed by atoms with Gasteiger partial charge in [0.2, 0.25) is 0 Å². The maximum atomic E-state index is 11.4. The molecule has 4 heterocycles. The first kappa shape index (κ1) is 19.6. The van der Waals surface area contributed by atoms with Gasteiger partial charge in [-0.05, 0) is 0 Å². The third-order valence-corrected chi connectivity index (χ3v) is 8.01. The predicted molar refractivity (Wildman–Crippen MR) is 104 cm³/mol. The number of aromatic nitrogens is 7. The van der Waals surface area contributed by atoms with E-state index in [1.165, 1.54) is 0 Å². The Kier molecular flexibility index (Phi) is 4.71. The number of nitrogens with zero attached hydrogens (tertiary/aromatic N) is 7. The van der Waals surface area contributed by atoms with Crippen molar-refractivity contribution < 1.29 is 30.7 Å². The van der Waals surface area contributed by atoms with E-state index in [9.17, 15) is 10.1 Å². The van der Waals surface area contributed by atoms with E-state index in [1.807, 2.05) is 16.9 Å². The minimum atomic E-state index is -0.746. The predicted octanol–water partition coefficient (Wildman–Crippen LogP) is -1.89. The molecule has 1 amide bonds. The zero-order chi connectivity index (χ0) is 21.6. The van der Waals surface area contributed by atoms with Gasteiger partial charge in [-0.1, -0.05) is 0 Å². The Morgan fingerprint density at radius 2 is 2.23 bits per heavy atom. The Morgan fingerprint density at radius 3 is 2.94 bits per heavy atom. The van der Waals surface area contributed by atoms with Gasteiger partial charge in [-0.3, -0.25) is 0 Å². The van der Waals surface area contributed by atoms with Gasteiger partial charge in [0.15, 0.2) is 0 Å². The number of carbonyl (C=O) groups excluding carboxylic acids is 1. The molecule has 0 radical (unpaired) electrons. The van der Waals surface area contributed by atoms with Crippen LogP contribution in [0.25, 0.3) is 28.2 Å². The number of nitriles is 1. The van der Waals surface area contributed by atoms with Gasteiger partial charge in [-0.15, -0.1) is 0 Å². The number of H-pyrrole nitrogens is 1. The molecule has 1 fully saturated rings. The number of fused-ring (bicyclic) bond motifs is 1. The molecule has 12 heteroatoms. The zero-order valence-corrected chi connectivity index (χ0v) is 18.5. The second-order valence-corrected chi connectivity index (χ2v) is 10.2. The summed E-state index contributed by atoms with van der Waals surface area (Å²) in [6.45, 7) is 0. The normalized spacial score (nSPS) is 20.6. The Labute approximate surface area is 186 Å². The summed E-state index contributed by atoms with van der Waals surface area (Å²) >= 11 is -0.746. The quantitative estimate of drug-likeness (QED) is 0.219. The summed E-state index contributed by atoms with van der Waals surface area (Å²) in [7, 11) is 1.69. The van der Waals surface area contributed by atoms with Gasteiger partial charge < -0.3 is 0 Å². The van der Waals surface area contributed by atoms with Crippen molar-refractivity contribution >= 4 is 11.4 Å². The summed E-state index contributed by atoms with van der Waals surface area (Å²) in [6, 6.07) is 3.42. The van der Waals surface area contributed by atoms with Crippen LogP contribution in [0.2, 0.25) is 0 Å². The average Bonchev–Trinajstić information content (AvgIpc) is 3.49. The third kappa shape index (κ3) is 3.26. The van der Waals surface area contributed by atoms with Crippen molar-refractivity contribution in [3.05, 3.63) is 42.6 Å². The van der Waals surface area contributed by atoms with Crippen molar-refractivity contribution in [1.29, 1.82) is 5.26 Å². The molecule has 4 aromatic heterocycles. The van der Waals surface area contributed by atoms with E-state index in [0.29, 0.717) is 17.1 Å². The fourth-order valence-electron chi connectivity index (χ4n) is 3.70. The van der Waals surface area contributed by atoms with Crippen LogP contribution in [0.4, 0.5) is 0 Å². The molecular formula is C19H17IN9O2-. The van der Waals surface area contributed by atoms with E-state index in [4.69, 9.17) is 15.5 Å². The van der Waals surface area contributed by atoms with Crippen LogP contribution in [0.1, 0.15) is 23.3 Å². The molecule has 3 N–H and O–H groups in total. The minimum absolute atomic E-state index is 0.155. The second kappa shape index (κ2) is 7.43. The second-order valence-electron chi connectivity index (χ2n) is 7.20. The van der Waals surface area contributed by atoms with Crippen molar-refractivity contribution in [2.75, 3.05) is 7.11 Å². The van der Waals surface area contributed by atoms with Crippen molar-refractivity contribution in [1.82, 2.24) is 34.6 Å². The van der Waals surface area contributed by atoms with Crippen LogP contribution in [0.3, 0.4) is 0 Å². The van der Waals surface area contributed by atoms with E-state index in [2.05, 4.69) is 24.5 Å². The summed E-state index contributed by atoms with van der Waals surface area (Å²) in [5.74, 6) is -0.596. The van der Waals surface area contributed by atoms with E-state index in [1.54, 1.807) is 36.3 Å². The first-order chi connectivity index (χ1) is 15.0. The fraction of sp³-hybridized carbons (Fsp3) is 0.263. The zero-order valence-electron chi connectivity index (χ0n) is 16.4. The molecule has 1 saturated carbocycles. The number of aromatic amines is 1. The summed E-state index contributed by atoms with van der Waals surface area (Å²) in [5, 5.41) is 25.1. The van der Waals surface area contributed by atoms with Gasteiger partial charge in [-0.2, -0.15) is 0 Å². The number of nitrogens with one attached hydrogen (secondary N) is 1.